The van der Waals surface area contributed by atoms with Crippen molar-refractivity contribution in [2.75, 3.05) is 76.4 Å². The molecule has 1 N–H and O–H groups in total. The average molecular weight is 731 g/mol. The number of aromatic nitrogens is 4. The SMILES string of the molecule is C=CC(=O)N1CC2(CCN(c3nc(N4CC5(C4)OCC[C@@H]5N(C)C)nc4c(OCC(F)(F)F)c(-c5c(C)ccc6[nH]ncc56)c(C5CC5)cc34)CC2)C1. The van der Waals surface area contributed by atoms with Crippen LogP contribution in [0.4, 0.5) is 24.9 Å². The summed E-state index contributed by atoms with van der Waals surface area (Å²) in [4.78, 5) is 31.0. The Morgan fingerprint density at radius 2 is 1.83 bits per heavy atom. The molecule has 4 aliphatic heterocycles. The number of nitrogens with zero attached hydrogens (tertiary/aromatic N) is 7. The van der Waals surface area contributed by atoms with Gasteiger partial charge in [-0.1, -0.05) is 12.6 Å². The second-order valence-electron chi connectivity index (χ2n) is 16.1. The van der Waals surface area contributed by atoms with E-state index in [2.05, 4.69) is 51.6 Å². The van der Waals surface area contributed by atoms with Crippen LogP contribution in [-0.4, -0.2) is 120 Å². The van der Waals surface area contributed by atoms with Crippen molar-refractivity contribution < 1.29 is 27.4 Å². The lowest BCUT2D eigenvalue weighted by molar-refractivity contribution is -0.153. The molecule has 1 atom stereocenters. The number of nitrogens with one attached hydrogen (secondary N) is 1. The van der Waals surface area contributed by atoms with Gasteiger partial charge in [0.15, 0.2) is 12.4 Å². The van der Waals surface area contributed by atoms with Crippen LogP contribution >= 0.6 is 0 Å². The van der Waals surface area contributed by atoms with E-state index in [0.29, 0.717) is 74.1 Å². The number of hydrogen-bond acceptors (Lipinski definition) is 9. The summed E-state index contributed by atoms with van der Waals surface area (Å²) in [5.74, 6) is 1.42. The summed E-state index contributed by atoms with van der Waals surface area (Å²) in [6.45, 7) is 8.80. The number of H-pyrrole nitrogens is 1. The molecule has 14 heteroatoms. The molecule has 0 radical (unpaired) electrons. The number of fused-ring (bicyclic) bond motifs is 2. The van der Waals surface area contributed by atoms with Crippen LogP contribution in [0, 0.1) is 12.3 Å². The van der Waals surface area contributed by atoms with E-state index in [-0.39, 0.29) is 34.6 Å². The number of amides is 1. The van der Waals surface area contributed by atoms with Crippen molar-refractivity contribution in [3.8, 4) is 16.9 Å². The molecule has 1 saturated carbocycles. The topological polar surface area (TPSA) is 103 Å². The van der Waals surface area contributed by atoms with E-state index < -0.39 is 12.8 Å². The number of alkyl halides is 3. The first-order valence-corrected chi connectivity index (χ1v) is 18.6. The highest BCUT2D eigenvalue weighted by molar-refractivity contribution is 6.06. The normalized spacial score (nSPS) is 22.2. The number of halogens is 3. The van der Waals surface area contributed by atoms with Crippen LogP contribution in [0.1, 0.15) is 49.1 Å². The molecule has 2 spiro atoms. The lowest BCUT2D eigenvalue weighted by Gasteiger charge is -2.54. The Balaban J connectivity index is 1.20. The van der Waals surface area contributed by atoms with E-state index in [9.17, 15) is 18.0 Å². The number of rotatable bonds is 8. The number of anilines is 2. The number of benzene rings is 2. The maximum atomic E-state index is 14.1. The van der Waals surface area contributed by atoms with Crippen molar-refractivity contribution in [3.05, 3.63) is 48.2 Å². The lowest BCUT2D eigenvalue weighted by Crippen LogP contribution is -2.69. The Kier molecular flexibility index (Phi) is 7.97. The van der Waals surface area contributed by atoms with Gasteiger partial charge in [-0.05, 0) is 93.9 Å². The van der Waals surface area contributed by atoms with Gasteiger partial charge in [0, 0.05) is 60.6 Å². The summed E-state index contributed by atoms with van der Waals surface area (Å²) in [6, 6.07) is 6.27. The summed E-state index contributed by atoms with van der Waals surface area (Å²) in [5.41, 5.74) is 4.17. The highest BCUT2D eigenvalue weighted by atomic mass is 19.4. The molecule has 53 heavy (non-hydrogen) atoms. The molecule has 280 valence electrons. The third-order valence-corrected chi connectivity index (χ3v) is 12.3. The molecule has 2 aromatic carbocycles. The maximum Gasteiger partial charge on any atom is 0.422 e. The zero-order valence-corrected chi connectivity index (χ0v) is 30.4. The van der Waals surface area contributed by atoms with Crippen molar-refractivity contribution in [1.82, 2.24) is 30.0 Å². The zero-order chi connectivity index (χ0) is 36.9. The maximum absolute atomic E-state index is 14.1. The Hall–Kier alpha value is -4.43. The average Bonchev–Trinajstić information content (AvgIpc) is 3.65. The summed E-state index contributed by atoms with van der Waals surface area (Å²) < 4.78 is 54.7. The van der Waals surface area contributed by atoms with E-state index in [1.54, 1.807) is 6.20 Å². The van der Waals surface area contributed by atoms with Gasteiger partial charge in [0.05, 0.1) is 24.8 Å². The molecule has 4 saturated heterocycles. The molecular formula is C39H45F3N8O3. The second-order valence-corrected chi connectivity index (χ2v) is 16.1. The molecule has 2 aromatic heterocycles. The van der Waals surface area contributed by atoms with Crippen molar-refractivity contribution in [2.45, 2.75) is 62.8 Å². The van der Waals surface area contributed by atoms with Gasteiger partial charge < -0.3 is 29.1 Å². The van der Waals surface area contributed by atoms with Crippen LogP contribution in [0.15, 0.2) is 37.1 Å². The van der Waals surface area contributed by atoms with E-state index in [4.69, 9.17) is 19.4 Å². The molecule has 6 heterocycles. The smallest absolute Gasteiger partial charge is 0.422 e. The summed E-state index contributed by atoms with van der Waals surface area (Å²) in [6.07, 6.45) is 3.06. The van der Waals surface area contributed by atoms with Crippen LogP contribution in [0.3, 0.4) is 0 Å². The van der Waals surface area contributed by atoms with Gasteiger partial charge in [0.1, 0.15) is 16.9 Å². The van der Waals surface area contributed by atoms with Crippen LogP contribution < -0.4 is 14.5 Å². The fraction of sp³-hybridized carbons (Fsp3) is 0.538. The van der Waals surface area contributed by atoms with E-state index in [0.717, 1.165) is 59.7 Å². The fourth-order valence-electron chi connectivity index (χ4n) is 9.40. The predicted octanol–water partition coefficient (Wildman–Crippen LogP) is 5.82. The van der Waals surface area contributed by atoms with Gasteiger partial charge in [-0.2, -0.15) is 23.3 Å². The highest BCUT2D eigenvalue weighted by Gasteiger charge is 2.55. The fourth-order valence-corrected chi connectivity index (χ4v) is 9.40. The Labute approximate surface area is 306 Å². The van der Waals surface area contributed by atoms with Crippen LogP contribution in [-0.2, 0) is 9.53 Å². The molecule has 5 fully saturated rings. The second kappa shape index (κ2) is 12.3. The van der Waals surface area contributed by atoms with Crippen LogP contribution in [0.2, 0.25) is 0 Å². The highest BCUT2D eigenvalue weighted by Crippen LogP contribution is 2.54. The first-order chi connectivity index (χ1) is 25.4. The van der Waals surface area contributed by atoms with E-state index >= 15 is 0 Å². The molecular weight excluding hydrogens is 685 g/mol. The Morgan fingerprint density at radius 1 is 1.08 bits per heavy atom. The van der Waals surface area contributed by atoms with Crippen LogP contribution in [0.5, 0.6) is 5.75 Å². The molecule has 0 unspecified atom stereocenters. The molecule has 4 aromatic rings. The van der Waals surface area contributed by atoms with Gasteiger partial charge in [-0.3, -0.25) is 9.89 Å². The van der Waals surface area contributed by atoms with E-state index in [1.165, 1.54) is 6.08 Å². The largest absolute Gasteiger partial charge is 0.481 e. The van der Waals surface area contributed by atoms with Crippen molar-refractivity contribution in [3.63, 3.8) is 0 Å². The van der Waals surface area contributed by atoms with Crippen molar-refractivity contribution in [2.24, 2.45) is 5.41 Å². The quantitative estimate of drug-likeness (QED) is 0.225. The van der Waals surface area contributed by atoms with Gasteiger partial charge in [0.2, 0.25) is 11.9 Å². The number of aromatic amines is 1. The number of likely N-dealkylation sites (tertiary alicyclic amines) is 1. The first-order valence-electron chi connectivity index (χ1n) is 18.6. The lowest BCUT2D eigenvalue weighted by atomic mass is 9.72. The third kappa shape index (κ3) is 5.79. The molecule has 5 aliphatic rings. The van der Waals surface area contributed by atoms with Gasteiger partial charge in [-0.25, -0.2) is 4.98 Å². The monoisotopic (exact) mass is 730 g/mol. The standard InChI is InChI=1S/C39H45F3N8O3/c1-5-30(51)49-18-37(19-49)11-13-48(14-12-37)35-26-16-25(24-7-8-24)32(31-23(2)6-9-28-27(31)17-43-46-28)34(52-22-39(40,41)42)33(26)44-36(45-35)50-20-38(21-50)29(47(3)4)10-15-53-38/h5-6,9,16-17,24,29H,1,7-8,10-15,18-22H2,2-4H3,(H,43,46)/t29-/m0/s1. The minimum Gasteiger partial charge on any atom is -0.481 e. The predicted molar refractivity (Wildman–Crippen MR) is 197 cm³/mol. The van der Waals surface area contributed by atoms with Crippen molar-refractivity contribution in [1.29, 1.82) is 0 Å². The molecule has 1 aliphatic carbocycles. The molecule has 11 nitrogen and oxygen atoms in total. The summed E-state index contributed by atoms with van der Waals surface area (Å²) in [7, 11) is 4.13. The number of piperidine rings is 1. The molecule has 9 rings (SSSR count). The number of aryl methyl sites for hydroxylation is 1. The number of hydrogen-bond donors (Lipinski definition) is 1. The molecule has 1 amide bonds. The van der Waals surface area contributed by atoms with Gasteiger partial charge in [0.25, 0.3) is 0 Å². The summed E-state index contributed by atoms with van der Waals surface area (Å²) >= 11 is 0. The molecule has 0 bridgehead atoms. The number of likely N-dealkylation sites (N-methyl/N-ethyl adjacent to an activating group) is 1. The Morgan fingerprint density at radius 3 is 2.51 bits per heavy atom. The van der Waals surface area contributed by atoms with E-state index in [1.807, 2.05) is 24.0 Å². The Bertz CT molecular complexity index is 2110. The zero-order valence-electron chi connectivity index (χ0n) is 30.4. The summed E-state index contributed by atoms with van der Waals surface area (Å²) in [5, 5.41) is 8.85. The minimum absolute atomic E-state index is 0.0415. The number of ether oxygens (including phenoxy) is 2. The van der Waals surface area contributed by atoms with Gasteiger partial charge >= 0.3 is 6.18 Å². The van der Waals surface area contributed by atoms with Crippen molar-refractivity contribution >= 4 is 39.5 Å². The third-order valence-electron chi connectivity index (χ3n) is 12.3. The number of carbonyl (C=O) groups excluding carboxylic acids is 1. The minimum atomic E-state index is -4.57. The number of carbonyl (C=O) groups is 1. The van der Waals surface area contributed by atoms with Crippen LogP contribution in [0.25, 0.3) is 32.9 Å². The first kappa shape index (κ1) is 34.3. The van der Waals surface area contributed by atoms with Gasteiger partial charge in [-0.15, -0.1) is 0 Å².